The van der Waals surface area contributed by atoms with Gasteiger partial charge in [-0.1, -0.05) is 5.16 Å². The lowest BCUT2D eigenvalue weighted by atomic mass is 10.2. The second-order valence-corrected chi connectivity index (χ2v) is 4.27. The van der Waals surface area contributed by atoms with Crippen molar-refractivity contribution >= 4 is 17.8 Å². The molecule has 0 radical (unpaired) electrons. The fourth-order valence-electron chi connectivity index (χ4n) is 1.77. The third-order valence-corrected chi connectivity index (χ3v) is 2.73. The maximum Gasteiger partial charge on any atom is 0.360 e. The number of nitrogens with one attached hydrogen (secondary N) is 1. The van der Waals surface area contributed by atoms with E-state index >= 15 is 0 Å². The molecule has 2 rings (SSSR count). The summed E-state index contributed by atoms with van der Waals surface area (Å²) < 4.78 is 19.8. The Labute approximate surface area is 115 Å². The number of esters is 1. The minimum atomic E-state index is -0.635. The predicted octanol–water partition coefficient (Wildman–Crippen LogP) is 0.595. The van der Waals surface area contributed by atoms with Crippen molar-refractivity contribution in [2.24, 2.45) is 0 Å². The molecule has 1 atom stereocenters. The van der Waals surface area contributed by atoms with Gasteiger partial charge in [-0.15, -0.1) is 0 Å². The van der Waals surface area contributed by atoms with Gasteiger partial charge in [-0.25, -0.2) is 4.79 Å². The van der Waals surface area contributed by atoms with E-state index in [0.717, 1.165) is 19.4 Å². The molecule has 20 heavy (non-hydrogen) atoms. The van der Waals surface area contributed by atoms with E-state index in [4.69, 9.17) is 14.0 Å². The fourth-order valence-corrected chi connectivity index (χ4v) is 1.77. The number of ether oxygens (including phenoxy) is 3. The topological polar surface area (TPSA) is 99.9 Å². The van der Waals surface area contributed by atoms with Gasteiger partial charge < -0.3 is 18.7 Å². The van der Waals surface area contributed by atoms with Crippen LogP contribution in [-0.2, 0) is 19.0 Å². The molecule has 0 saturated carbocycles. The molecule has 1 aromatic heterocycles. The van der Waals surface area contributed by atoms with Crippen molar-refractivity contribution in [3.63, 3.8) is 0 Å². The van der Waals surface area contributed by atoms with Crippen LogP contribution in [0.4, 0.5) is 5.88 Å². The number of methoxy groups -OCH3 is 1. The van der Waals surface area contributed by atoms with Gasteiger partial charge in [0.25, 0.3) is 5.91 Å². The van der Waals surface area contributed by atoms with Crippen LogP contribution in [0.15, 0.2) is 10.6 Å². The lowest BCUT2D eigenvalue weighted by Crippen LogP contribution is -2.22. The molecule has 1 unspecified atom stereocenters. The number of anilines is 1. The monoisotopic (exact) mass is 284 g/mol. The summed E-state index contributed by atoms with van der Waals surface area (Å²) in [6, 6.07) is 1.28. The zero-order valence-corrected chi connectivity index (χ0v) is 11.1. The zero-order chi connectivity index (χ0) is 14.4. The molecule has 1 aliphatic heterocycles. The van der Waals surface area contributed by atoms with Crippen LogP contribution < -0.4 is 5.32 Å². The lowest BCUT2D eigenvalue weighted by molar-refractivity contribution is -0.121. The van der Waals surface area contributed by atoms with E-state index in [1.54, 1.807) is 0 Å². The molecule has 0 bridgehead atoms. The van der Waals surface area contributed by atoms with Crippen LogP contribution in [0, 0.1) is 0 Å². The van der Waals surface area contributed by atoms with Gasteiger partial charge in [0.1, 0.15) is 6.61 Å². The summed E-state index contributed by atoms with van der Waals surface area (Å²) in [4.78, 5) is 22.7. The first-order chi connectivity index (χ1) is 9.69. The summed E-state index contributed by atoms with van der Waals surface area (Å²) >= 11 is 0. The summed E-state index contributed by atoms with van der Waals surface area (Å²) in [5.41, 5.74) is -0.0110. The summed E-state index contributed by atoms with van der Waals surface area (Å²) in [6.45, 7) is 1.01. The molecule has 1 amide bonds. The van der Waals surface area contributed by atoms with Gasteiger partial charge in [0.15, 0.2) is 5.69 Å². The molecule has 1 fully saturated rings. The van der Waals surface area contributed by atoms with Gasteiger partial charge in [0.05, 0.1) is 19.8 Å². The lowest BCUT2D eigenvalue weighted by Gasteiger charge is -2.09. The smallest absolute Gasteiger partial charge is 0.360 e. The first-order valence-electron chi connectivity index (χ1n) is 6.23. The molecular weight excluding hydrogens is 268 g/mol. The van der Waals surface area contributed by atoms with Crippen LogP contribution in [0.2, 0.25) is 0 Å². The van der Waals surface area contributed by atoms with Crippen molar-refractivity contribution in [1.29, 1.82) is 0 Å². The SMILES string of the molecule is COC(=O)c1cc(NC(=O)COCC2CCCO2)on1. The van der Waals surface area contributed by atoms with E-state index in [2.05, 4.69) is 15.2 Å². The highest BCUT2D eigenvalue weighted by Gasteiger charge is 2.17. The highest BCUT2D eigenvalue weighted by atomic mass is 16.5. The van der Waals surface area contributed by atoms with Crippen LogP contribution in [0.5, 0.6) is 0 Å². The second-order valence-electron chi connectivity index (χ2n) is 4.27. The van der Waals surface area contributed by atoms with E-state index in [1.165, 1.54) is 13.2 Å². The van der Waals surface area contributed by atoms with Crippen LogP contribution >= 0.6 is 0 Å². The molecule has 0 spiro atoms. The minimum Gasteiger partial charge on any atom is -0.464 e. The Morgan fingerprint density at radius 3 is 3.10 bits per heavy atom. The molecule has 1 saturated heterocycles. The van der Waals surface area contributed by atoms with E-state index < -0.39 is 11.9 Å². The number of amides is 1. The van der Waals surface area contributed by atoms with Crippen molar-refractivity contribution in [3.8, 4) is 0 Å². The number of carbonyl (C=O) groups excluding carboxylic acids is 2. The van der Waals surface area contributed by atoms with Crippen LogP contribution in [0.3, 0.4) is 0 Å². The van der Waals surface area contributed by atoms with Gasteiger partial charge >= 0.3 is 5.97 Å². The third kappa shape index (κ3) is 4.04. The van der Waals surface area contributed by atoms with E-state index in [0.29, 0.717) is 6.61 Å². The van der Waals surface area contributed by atoms with Crippen molar-refractivity contribution in [2.75, 3.05) is 32.2 Å². The molecular formula is C12H16N2O6. The molecule has 0 aliphatic carbocycles. The molecule has 8 nitrogen and oxygen atoms in total. The molecule has 110 valence electrons. The van der Waals surface area contributed by atoms with Gasteiger partial charge in [0.2, 0.25) is 5.88 Å². The Morgan fingerprint density at radius 1 is 1.55 bits per heavy atom. The van der Waals surface area contributed by atoms with Crippen molar-refractivity contribution in [1.82, 2.24) is 5.16 Å². The Morgan fingerprint density at radius 2 is 2.40 bits per heavy atom. The summed E-state index contributed by atoms with van der Waals surface area (Å²) in [5, 5.41) is 5.88. The molecule has 1 aromatic rings. The second kappa shape index (κ2) is 7.01. The number of hydrogen-bond acceptors (Lipinski definition) is 7. The Kier molecular flexibility index (Phi) is 5.08. The number of aromatic nitrogens is 1. The third-order valence-electron chi connectivity index (χ3n) is 2.73. The normalized spacial score (nSPS) is 17.9. The highest BCUT2D eigenvalue weighted by molar-refractivity contribution is 5.92. The average molecular weight is 284 g/mol. The van der Waals surface area contributed by atoms with Crippen molar-refractivity contribution in [2.45, 2.75) is 18.9 Å². The Hall–Kier alpha value is -1.93. The molecule has 1 N–H and O–H groups in total. The van der Waals surface area contributed by atoms with Gasteiger partial charge in [-0.2, -0.15) is 0 Å². The summed E-state index contributed by atoms with van der Waals surface area (Å²) in [6.07, 6.45) is 2.04. The van der Waals surface area contributed by atoms with Crippen LogP contribution in [-0.4, -0.2) is 50.1 Å². The highest BCUT2D eigenvalue weighted by Crippen LogP contribution is 2.12. The Balaban J connectivity index is 1.70. The maximum atomic E-state index is 11.6. The molecule has 1 aliphatic rings. The average Bonchev–Trinajstić information content (AvgIpc) is 3.09. The molecule has 0 aromatic carbocycles. The number of hydrogen-bond donors (Lipinski definition) is 1. The molecule has 2 heterocycles. The maximum absolute atomic E-state index is 11.6. The fraction of sp³-hybridized carbons (Fsp3) is 0.583. The number of carbonyl (C=O) groups is 2. The van der Waals surface area contributed by atoms with Gasteiger partial charge in [0, 0.05) is 12.7 Å². The first-order valence-corrected chi connectivity index (χ1v) is 6.23. The summed E-state index contributed by atoms with van der Waals surface area (Å²) in [7, 11) is 1.23. The predicted molar refractivity (Wildman–Crippen MR) is 66.3 cm³/mol. The van der Waals surface area contributed by atoms with Gasteiger partial charge in [-0.05, 0) is 12.8 Å². The van der Waals surface area contributed by atoms with Crippen LogP contribution in [0.25, 0.3) is 0 Å². The minimum absolute atomic E-state index is 0.0110. The number of rotatable bonds is 6. The standard InChI is InChI=1S/C12H16N2O6/c1-17-12(16)9-5-11(20-14-9)13-10(15)7-18-6-8-3-2-4-19-8/h5,8H,2-4,6-7H2,1H3,(H,13,15). The Bertz CT molecular complexity index is 466. The largest absolute Gasteiger partial charge is 0.464 e. The first kappa shape index (κ1) is 14.5. The quantitative estimate of drug-likeness (QED) is 0.763. The van der Waals surface area contributed by atoms with Gasteiger partial charge in [-0.3, -0.25) is 10.1 Å². The zero-order valence-electron chi connectivity index (χ0n) is 11.1. The van der Waals surface area contributed by atoms with E-state index in [1.807, 2.05) is 0 Å². The molecule has 8 heteroatoms. The van der Waals surface area contributed by atoms with E-state index in [9.17, 15) is 9.59 Å². The van der Waals surface area contributed by atoms with Crippen molar-refractivity contribution < 1.29 is 28.3 Å². The number of nitrogens with zero attached hydrogens (tertiary/aromatic N) is 1. The van der Waals surface area contributed by atoms with E-state index in [-0.39, 0.29) is 24.3 Å². The van der Waals surface area contributed by atoms with Crippen LogP contribution in [0.1, 0.15) is 23.3 Å². The van der Waals surface area contributed by atoms with Crippen molar-refractivity contribution in [3.05, 3.63) is 11.8 Å². The summed E-state index contributed by atoms with van der Waals surface area (Å²) in [5.74, 6) is -0.962.